The lowest BCUT2D eigenvalue weighted by atomic mass is 9.93. The van der Waals surface area contributed by atoms with Gasteiger partial charge >= 0.3 is 0 Å². The highest BCUT2D eigenvalue weighted by atomic mass is 79.9. The van der Waals surface area contributed by atoms with Crippen LogP contribution in [0.3, 0.4) is 0 Å². The molecule has 0 radical (unpaired) electrons. The molecule has 0 unspecified atom stereocenters. The summed E-state index contributed by atoms with van der Waals surface area (Å²) in [5.41, 5.74) is 1.34. The Balaban J connectivity index is 1.69. The van der Waals surface area contributed by atoms with Crippen molar-refractivity contribution in [2.24, 2.45) is 5.41 Å². The van der Waals surface area contributed by atoms with Crippen LogP contribution in [0.2, 0.25) is 0 Å². The quantitative estimate of drug-likeness (QED) is 0.710. The Bertz CT molecular complexity index is 235. The maximum atomic E-state index is 3.71. The van der Waals surface area contributed by atoms with Gasteiger partial charge in [-0.05, 0) is 50.5 Å². The first-order chi connectivity index (χ1) is 7.29. The monoisotopic (exact) mass is 271 g/mol. The molecular weight excluding hydrogens is 250 g/mol. The minimum atomic E-state index is 0.664. The summed E-state index contributed by atoms with van der Waals surface area (Å²) in [5, 5.41) is 1.23. The maximum absolute atomic E-state index is 3.71. The molecule has 2 saturated carbocycles. The minimum Gasteiger partial charge on any atom is -0.297 e. The standard InChI is InChI=1S/C13H22BrN/c14-10-12(7-8-12)11-15-9-3-6-13(15)4-1-2-5-13/h1-11H2. The molecule has 3 aliphatic rings. The van der Waals surface area contributed by atoms with Crippen molar-refractivity contribution in [2.45, 2.75) is 56.9 Å². The molecule has 0 N–H and O–H groups in total. The van der Waals surface area contributed by atoms with Crippen LogP contribution in [-0.4, -0.2) is 28.9 Å². The predicted octanol–water partition coefficient (Wildman–Crippen LogP) is 3.57. The van der Waals surface area contributed by atoms with E-state index < -0.39 is 0 Å². The third kappa shape index (κ3) is 1.78. The zero-order chi connectivity index (χ0) is 10.4. The van der Waals surface area contributed by atoms with Crippen LogP contribution < -0.4 is 0 Å². The van der Waals surface area contributed by atoms with Gasteiger partial charge in [-0.2, -0.15) is 0 Å². The van der Waals surface area contributed by atoms with Gasteiger partial charge in [-0.1, -0.05) is 28.8 Å². The van der Waals surface area contributed by atoms with E-state index >= 15 is 0 Å². The highest BCUT2D eigenvalue weighted by Crippen LogP contribution is 2.51. The van der Waals surface area contributed by atoms with Gasteiger partial charge < -0.3 is 0 Å². The molecule has 2 heteroatoms. The summed E-state index contributed by atoms with van der Waals surface area (Å²) in [6.07, 6.45) is 11.8. The van der Waals surface area contributed by atoms with Gasteiger partial charge in [0, 0.05) is 17.4 Å². The summed E-state index contributed by atoms with van der Waals surface area (Å²) in [6, 6.07) is 0. The van der Waals surface area contributed by atoms with Crippen molar-refractivity contribution in [3.8, 4) is 0 Å². The molecule has 86 valence electrons. The topological polar surface area (TPSA) is 3.24 Å². The first kappa shape index (κ1) is 10.6. The second kappa shape index (κ2) is 3.73. The molecule has 1 saturated heterocycles. The Kier molecular flexibility index (Phi) is 2.63. The summed E-state index contributed by atoms with van der Waals surface area (Å²) < 4.78 is 0. The van der Waals surface area contributed by atoms with Gasteiger partial charge in [-0.3, -0.25) is 4.90 Å². The lowest BCUT2D eigenvalue weighted by Gasteiger charge is -2.37. The van der Waals surface area contributed by atoms with Crippen LogP contribution in [0.15, 0.2) is 0 Å². The lowest BCUT2D eigenvalue weighted by molar-refractivity contribution is 0.119. The largest absolute Gasteiger partial charge is 0.297 e. The van der Waals surface area contributed by atoms with E-state index in [1.54, 1.807) is 0 Å². The molecule has 1 aliphatic heterocycles. The molecule has 3 fully saturated rings. The van der Waals surface area contributed by atoms with Crippen molar-refractivity contribution >= 4 is 15.9 Å². The Morgan fingerprint density at radius 2 is 1.60 bits per heavy atom. The van der Waals surface area contributed by atoms with Crippen molar-refractivity contribution < 1.29 is 0 Å². The van der Waals surface area contributed by atoms with Crippen LogP contribution in [-0.2, 0) is 0 Å². The van der Waals surface area contributed by atoms with E-state index in [9.17, 15) is 0 Å². The SMILES string of the molecule is BrCC1(CN2CCCC23CCCC3)CC1. The van der Waals surface area contributed by atoms with E-state index in [-0.39, 0.29) is 0 Å². The predicted molar refractivity (Wildman–Crippen MR) is 67.5 cm³/mol. The molecule has 0 aromatic heterocycles. The Labute approximate surface area is 102 Å². The second-order valence-electron chi connectivity index (χ2n) is 6.09. The number of halogens is 1. The highest BCUT2D eigenvalue weighted by molar-refractivity contribution is 9.09. The van der Waals surface area contributed by atoms with Crippen molar-refractivity contribution in [2.75, 3.05) is 18.4 Å². The smallest absolute Gasteiger partial charge is 0.0210 e. The molecule has 0 atom stereocenters. The van der Waals surface area contributed by atoms with E-state index in [1.807, 2.05) is 0 Å². The Morgan fingerprint density at radius 3 is 2.20 bits per heavy atom. The first-order valence-electron chi connectivity index (χ1n) is 6.60. The molecule has 0 aromatic carbocycles. The van der Waals surface area contributed by atoms with Crippen LogP contribution in [0.1, 0.15) is 51.4 Å². The maximum Gasteiger partial charge on any atom is 0.0210 e. The number of alkyl halides is 1. The molecule has 0 aromatic rings. The molecule has 1 nitrogen and oxygen atoms in total. The van der Waals surface area contributed by atoms with E-state index in [2.05, 4.69) is 20.8 Å². The fourth-order valence-electron chi connectivity index (χ4n) is 3.76. The van der Waals surface area contributed by atoms with Crippen molar-refractivity contribution in [3.05, 3.63) is 0 Å². The number of likely N-dealkylation sites (tertiary alicyclic amines) is 1. The molecule has 1 heterocycles. The average Bonchev–Trinajstić information content (AvgIpc) is 2.72. The Morgan fingerprint density at radius 1 is 0.933 bits per heavy atom. The normalized spacial score (nSPS) is 32.6. The highest BCUT2D eigenvalue weighted by Gasteiger charge is 2.49. The van der Waals surface area contributed by atoms with Crippen LogP contribution >= 0.6 is 15.9 Å². The zero-order valence-corrected chi connectivity index (χ0v) is 11.2. The Hall–Kier alpha value is 0.440. The lowest BCUT2D eigenvalue weighted by Crippen LogP contribution is -2.44. The molecule has 0 bridgehead atoms. The summed E-state index contributed by atoms with van der Waals surface area (Å²) >= 11 is 3.71. The van der Waals surface area contributed by atoms with Gasteiger partial charge in [0.15, 0.2) is 0 Å². The zero-order valence-electron chi connectivity index (χ0n) is 9.60. The molecule has 15 heavy (non-hydrogen) atoms. The van der Waals surface area contributed by atoms with Crippen LogP contribution in [0.5, 0.6) is 0 Å². The van der Waals surface area contributed by atoms with Gasteiger partial charge in [0.1, 0.15) is 0 Å². The number of hydrogen-bond acceptors (Lipinski definition) is 1. The van der Waals surface area contributed by atoms with Crippen molar-refractivity contribution in [1.29, 1.82) is 0 Å². The molecule has 2 aliphatic carbocycles. The minimum absolute atomic E-state index is 0.664. The molecule has 1 spiro atoms. The molecule has 3 rings (SSSR count). The number of rotatable bonds is 3. The van der Waals surface area contributed by atoms with Gasteiger partial charge in [0.05, 0.1) is 0 Å². The van der Waals surface area contributed by atoms with Crippen molar-refractivity contribution in [3.63, 3.8) is 0 Å². The molecule has 0 amide bonds. The first-order valence-corrected chi connectivity index (χ1v) is 7.72. The van der Waals surface area contributed by atoms with Gasteiger partial charge in [0.2, 0.25) is 0 Å². The second-order valence-corrected chi connectivity index (χ2v) is 6.65. The summed E-state index contributed by atoms with van der Waals surface area (Å²) in [5.74, 6) is 0. The summed E-state index contributed by atoms with van der Waals surface area (Å²) in [6.45, 7) is 2.77. The van der Waals surface area contributed by atoms with Gasteiger partial charge in [0.25, 0.3) is 0 Å². The third-order valence-corrected chi connectivity index (χ3v) is 6.23. The van der Waals surface area contributed by atoms with E-state index in [4.69, 9.17) is 0 Å². The van der Waals surface area contributed by atoms with Gasteiger partial charge in [-0.25, -0.2) is 0 Å². The fourth-order valence-corrected chi connectivity index (χ4v) is 4.49. The van der Waals surface area contributed by atoms with Crippen LogP contribution in [0.4, 0.5) is 0 Å². The summed E-state index contributed by atoms with van der Waals surface area (Å²) in [4.78, 5) is 2.87. The van der Waals surface area contributed by atoms with Crippen LogP contribution in [0, 0.1) is 5.41 Å². The fraction of sp³-hybridized carbons (Fsp3) is 1.00. The van der Waals surface area contributed by atoms with E-state index in [0.29, 0.717) is 11.0 Å². The van der Waals surface area contributed by atoms with E-state index in [1.165, 1.54) is 69.8 Å². The number of hydrogen-bond donors (Lipinski definition) is 0. The average molecular weight is 272 g/mol. The summed E-state index contributed by atoms with van der Waals surface area (Å²) in [7, 11) is 0. The third-order valence-electron chi connectivity index (χ3n) is 5.04. The molecular formula is C13H22BrN. The van der Waals surface area contributed by atoms with E-state index in [0.717, 1.165) is 0 Å². The number of nitrogens with zero attached hydrogens (tertiary/aromatic N) is 1. The van der Waals surface area contributed by atoms with Crippen LogP contribution in [0.25, 0.3) is 0 Å². The van der Waals surface area contributed by atoms with Crippen molar-refractivity contribution in [1.82, 2.24) is 4.90 Å². The van der Waals surface area contributed by atoms with Gasteiger partial charge in [-0.15, -0.1) is 0 Å².